The van der Waals surface area contributed by atoms with Crippen molar-refractivity contribution in [1.82, 2.24) is 10.2 Å². The molecule has 1 fully saturated rings. The van der Waals surface area contributed by atoms with Crippen molar-refractivity contribution in [3.05, 3.63) is 65.5 Å². The van der Waals surface area contributed by atoms with E-state index in [0.717, 1.165) is 5.56 Å². The van der Waals surface area contributed by atoms with Gasteiger partial charge in [0.1, 0.15) is 11.9 Å². The number of aryl methyl sites for hydroxylation is 1. The van der Waals surface area contributed by atoms with Crippen LogP contribution in [-0.4, -0.2) is 41.8 Å². The lowest BCUT2D eigenvalue weighted by Gasteiger charge is -2.34. The first-order valence-electron chi connectivity index (χ1n) is 8.65. The molecule has 140 valence electrons. The van der Waals surface area contributed by atoms with Crippen LogP contribution in [-0.2, 0) is 9.59 Å². The van der Waals surface area contributed by atoms with E-state index in [9.17, 15) is 18.8 Å². The Balaban J connectivity index is 1.75. The molecule has 1 heterocycles. The van der Waals surface area contributed by atoms with E-state index in [4.69, 9.17) is 0 Å². The summed E-state index contributed by atoms with van der Waals surface area (Å²) in [5, 5.41) is 5.46. The van der Waals surface area contributed by atoms with E-state index in [0.29, 0.717) is 12.2 Å². The quantitative estimate of drug-likeness (QED) is 0.866. The Morgan fingerprint density at radius 2 is 1.89 bits per heavy atom. The Kier molecular flexibility index (Phi) is 5.49. The fraction of sp³-hybridized carbons (Fsp3) is 0.250. The van der Waals surface area contributed by atoms with Crippen molar-refractivity contribution in [2.75, 3.05) is 18.4 Å². The average Bonchev–Trinajstić information content (AvgIpc) is 2.65. The molecule has 0 radical (unpaired) electrons. The minimum Gasteiger partial charge on any atom is -0.353 e. The van der Waals surface area contributed by atoms with E-state index < -0.39 is 17.8 Å². The van der Waals surface area contributed by atoms with Crippen molar-refractivity contribution in [2.24, 2.45) is 0 Å². The molecule has 1 aliphatic heterocycles. The molecule has 1 atom stereocenters. The second-order valence-corrected chi connectivity index (χ2v) is 6.38. The first-order valence-corrected chi connectivity index (χ1v) is 8.65. The van der Waals surface area contributed by atoms with Gasteiger partial charge in [-0.15, -0.1) is 0 Å². The number of anilines is 1. The van der Waals surface area contributed by atoms with Gasteiger partial charge in [-0.2, -0.15) is 0 Å². The number of para-hydroxylation sites is 1. The van der Waals surface area contributed by atoms with Crippen LogP contribution >= 0.6 is 0 Å². The fourth-order valence-corrected chi connectivity index (χ4v) is 3.01. The molecule has 2 aromatic carbocycles. The number of amides is 3. The molecule has 3 amide bonds. The van der Waals surface area contributed by atoms with E-state index in [-0.39, 0.29) is 30.3 Å². The number of hydrogen-bond acceptors (Lipinski definition) is 3. The van der Waals surface area contributed by atoms with E-state index >= 15 is 0 Å². The first kappa shape index (κ1) is 18.6. The molecule has 0 saturated carbocycles. The van der Waals surface area contributed by atoms with Gasteiger partial charge in [0, 0.05) is 24.3 Å². The highest BCUT2D eigenvalue weighted by molar-refractivity contribution is 6.01. The van der Waals surface area contributed by atoms with Crippen molar-refractivity contribution in [3.8, 4) is 0 Å². The van der Waals surface area contributed by atoms with Crippen LogP contribution in [0.15, 0.2) is 48.5 Å². The summed E-state index contributed by atoms with van der Waals surface area (Å²) in [5.41, 5.74) is 1.84. The third kappa shape index (κ3) is 4.31. The van der Waals surface area contributed by atoms with E-state index in [1.807, 2.05) is 19.1 Å². The summed E-state index contributed by atoms with van der Waals surface area (Å²) >= 11 is 0. The van der Waals surface area contributed by atoms with Crippen molar-refractivity contribution in [3.63, 3.8) is 0 Å². The zero-order chi connectivity index (χ0) is 19.4. The number of carbonyl (C=O) groups is 3. The Morgan fingerprint density at radius 1 is 1.19 bits per heavy atom. The predicted octanol–water partition coefficient (Wildman–Crippen LogP) is 2.10. The molecule has 27 heavy (non-hydrogen) atoms. The lowest BCUT2D eigenvalue weighted by molar-refractivity contribution is -0.131. The van der Waals surface area contributed by atoms with Crippen LogP contribution in [0.2, 0.25) is 0 Å². The van der Waals surface area contributed by atoms with Gasteiger partial charge < -0.3 is 15.5 Å². The molecular formula is C20H20FN3O3. The van der Waals surface area contributed by atoms with Gasteiger partial charge in [0.2, 0.25) is 11.8 Å². The standard InChI is InChI=1S/C20H20FN3O3/c1-13-4-2-3-5-16(13)23-18(25)12-17-19(26)22-10-11-24(17)20(27)14-6-8-15(21)9-7-14/h2-9,17H,10-12H2,1H3,(H,22,26)(H,23,25). The number of halogens is 1. The molecule has 0 spiro atoms. The summed E-state index contributed by atoms with van der Waals surface area (Å²) in [6, 6.07) is 11.5. The second kappa shape index (κ2) is 7.99. The maximum atomic E-state index is 13.1. The summed E-state index contributed by atoms with van der Waals surface area (Å²) in [6.07, 6.45) is -0.160. The van der Waals surface area contributed by atoms with E-state index in [1.54, 1.807) is 12.1 Å². The summed E-state index contributed by atoms with van der Waals surface area (Å²) < 4.78 is 13.1. The Labute approximate surface area is 156 Å². The maximum absolute atomic E-state index is 13.1. The van der Waals surface area contributed by atoms with Crippen molar-refractivity contribution in [1.29, 1.82) is 0 Å². The number of rotatable bonds is 4. The summed E-state index contributed by atoms with van der Waals surface area (Å²) in [6.45, 7) is 2.46. The topological polar surface area (TPSA) is 78.5 Å². The van der Waals surface area contributed by atoms with Gasteiger partial charge in [-0.3, -0.25) is 14.4 Å². The van der Waals surface area contributed by atoms with Gasteiger partial charge in [0.05, 0.1) is 6.42 Å². The van der Waals surface area contributed by atoms with Crippen LogP contribution in [0.25, 0.3) is 0 Å². The minimum absolute atomic E-state index is 0.160. The summed E-state index contributed by atoms with van der Waals surface area (Å²) in [4.78, 5) is 38.9. The number of nitrogens with one attached hydrogen (secondary N) is 2. The second-order valence-electron chi connectivity index (χ2n) is 6.38. The molecule has 6 nitrogen and oxygen atoms in total. The zero-order valence-corrected chi connectivity index (χ0v) is 14.9. The maximum Gasteiger partial charge on any atom is 0.254 e. The highest BCUT2D eigenvalue weighted by Crippen LogP contribution is 2.17. The smallest absolute Gasteiger partial charge is 0.254 e. The van der Waals surface area contributed by atoms with Gasteiger partial charge in [-0.25, -0.2) is 4.39 Å². The molecule has 3 rings (SSSR count). The molecule has 2 N–H and O–H groups in total. The van der Waals surface area contributed by atoms with Gasteiger partial charge in [-0.1, -0.05) is 18.2 Å². The molecule has 7 heteroatoms. The average molecular weight is 369 g/mol. The molecule has 0 aromatic heterocycles. The Hall–Kier alpha value is -3.22. The number of hydrogen-bond donors (Lipinski definition) is 2. The van der Waals surface area contributed by atoms with Crippen molar-refractivity contribution in [2.45, 2.75) is 19.4 Å². The van der Waals surface area contributed by atoms with Crippen LogP contribution in [0.5, 0.6) is 0 Å². The van der Waals surface area contributed by atoms with Crippen LogP contribution in [0, 0.1) is 12.7 Å². The predicted molar refractivity (Wildman–Crippen MR) is 98.7 cm³/mol. The Morgan fingerprint density at radius 3 is 2.59 bits per heavy atom. The van der Waals surface area contributed by atoms with Crippen LogP contribution < -0.4 is 10.6 Å². The SMILES string of the molecule is Cc1ccccc1NC(=O)CC1C(=O)NCCN1C(=O)c1ccc(F)cc1. The van der Waals surface area contributed by atoms with Crippen molar-refractivity contribution >= 4 is 23.4 Å². The molecule has 0 bridgehead atoms. The summed E-state index contributed by atoms with van der Waals surface area (Å²) in [5.74, 6) is -1.59. The molecule has 0 aliphatic carbocycles. The third-order valence-corrected chi connectivity index (χ3v) is 4.48. The first-order chi connectivity index (χ1) is 13.0. The van der Waals surface area contributed by atoms with Gasteiger partial charge in [-0.05, 0) is 42.8 Å². The van der Waals surface area contributed by atoms with Gasteiger partial charge in [0.15, 0.2) is 0 Å². The summed E-state index contributed by atoms with van der Waals surface area (Å²) in [7, 11) is 0. The number of benzene rings is 2. The highest BCUT2D eigenvalue weighted by Gasteiger charge is 2.35. The lowest BCUT2D eigenvalue weighted by atomic mass is 10.1. The largest absolute Gasteiger partial charge is 0.353 e. The fourth-order valence-electron chi connectivity index (χ4n) is 3.01. The molecule has 1 aliphatic rings. The third-order valence-electron chi connectivity index (χ3n) is 4.48. The van der Waals surface area contributed by atoms with Gasteiger partial charge in [0.25, 0.3) is 5.91 Å². The molecule has 2 aromatic rings. The Bertz CT molecular complexity index is 867. The zero-order valence-electron chi connectivity index (χ0n) is 14.9. The molecular weight excluding hydrogens is 349 g/mol. The highest BCUT2D eigenvalue weighted by atomic mass is 19.1. The van der Waals surface area contributed by atoms with Gasteiger partial charge >= 0.3 is 0 Å². The molecule has 1 saturated heterocycles. The lowest BCUT2D eigenvalue weighted by Crippen LogP contribution is -2.58. The van der Waals surface area contributed by atoms with Crippen LogP contribution in [0.1, 0.15) is 22.3 Å². The number of piperazine rings is 1. The number of carbonyl (C=O) groups excluding carboxylic acids is 3. The minimum atomic E-state index is -0.916. The normalized spacial score (nSPS) is 16.6. The monoisotopic (exact) mass is 369 g/mol. The van der Waals surface area contributed by atoms with E-state index in [1.165, 1.54) is 29.2 Å². The number of nitrogens with zero attached hydrogens (tertiary/aromatic N) is 1. The molecule has 1 unspecified atom stereocenters. The van der Waals surface area contributed by atoms with E-state index in [2.05, 4.69) is 10.6 Å². The van der Waals surface area contributed by atoms with Crippen LogP contribution in [0.4, 0.5) is 10.1 Å². The van der Waals surface area contributed by atoms with Crippen molar-refractivity contribution < 1.29 is 18.8 Å². The van der Waals surface area contributed by atoms with Crippen LogP contribution in [0.3, 0.4) is 0 Å².